The molecule has 2 aliphatic heterocycles. The van der Waals surface area contributed by atoms with Crippen LogP contribution in [0.25, 0.3) is 11.4 Å². The Balaban J connectivity index is 0.000000205. The Kier molecular flexibility index (Phi) is 14.6. The average Bonchev–Trinajstić information content (AvgIpc) is 3.76. The molecule has 0 atom stereocenters. The quantitative estimate of drug-likeness (QED) is 0.0984. The SMILES string of the molecule is Cc1cc(C)c(C2=CN(c3c(C)cc(C)cc3C)NN2c2c(C)cc(C)cc2C)c(C)c1.Cc1cc(C)c(C2=[C-]N(c3c(C)cc(C)cc3C)NN2c2c(C)cc(C)cc2C)c(C)c1.F[P-](F)(F)(F)(F)F. The molecule has 0 saturated heterocycles. The maximum absolute atomic E-state index is 10.7. The van der Waals surface area contributed by atoms with Gasteiger partial charge in [0.25, 0.3) is 0 Å². The molecule has 2 N–H and O–H groups in total. The van der Waals surface area contributed by atoms with Crippen LogP contribution in [0.5, 0.6) is 0 Å². The molecule has 2 aliphatic rings. The molecular weight excluding hydrogens is 926 g/mol. The zero-order valence-corrected chi connectivity index (χ0v) is 45.4. The van der Waals surface area contributed by atoms with Crippen molar-refractivity contribution in [3.05, 3.63) is 196 Å². The summed E-state index contributed by atoms with van der Waals surface area (Å²) in [5, 5.41) is 8.74. The van der Waals surface area contributed by atoms with Crippen LogP contribution in [0, 0.1) is 131 Å². The van der Waals surface area contributed by atoms with Gasteiger partial charge >= 0.3 is 33.0 Å². The van der Waals surface area contributed by atoms with E-state index in [-0.39, 0.29) is 0 Å². The summed E-state index contributed by atoms with van der Waals surface area (Å²) in [4.78, 5) is 0. The summed E-state index contributed by atoms with van der Waals surface area (Å²) in [6, 6.07) is 27.1. The standard InChI is InChI=1S/C29H35N3.C29H34N3.F6P/c2*1-17-10-20(4)27(21(5)11-17)26-16-31(28-22(6)12-18(2)13-23(28)7)30-32(26)29-24(8)14-19(3)15-25(29)9;1-7(2,3,4,5)6/h10-16,30H,1-9H3;10-15,30H,1-9H3;/q;2*-1. The Morgan fingerprint density at radius 1 is 0.338 bits per heavy atom. The number of nitrogens with one attached hydrogen (secondary N) is 2. The summed E-state index contributed by atoms with van der Waals surface area (Å²) in [7, 11) is -10.7. The Morgan fingerprint density at radius 2 is 0.606 bits per heavy atom. The first-order chi connectivity index (χ1) is 32.6. The molecule has 0 aliphatic carbocycles. The second-order valence-electron chi connectivity index (χ2n) is 20.0. The molecule has 6 nitrogen and oxygen atoms in total. The second-order valence-corrected chi connectivity index (χ2v) is 22.0. The van der Waals surface area contributed by atoms with E-state index in [1.54, 1.807) is 0 Å². The topological polar surface area (TPSA) is 37.0 Å². The Labute approximate surface area is 417 Å². The molecule has 13 heteroatoms. The third-order valence-electron chi connectivity index (χ3n) is 12.6. The van der Waals surface area contributed by atoms with Crippen LogP contribution in [0.4, 0.5) is 47.9 Å². The van der Waals surface area contributed by atoms with Gasteiger partial charge in [-0.25, -0.2) is 0 Å². The van der Waals surface area contributed by atoms with Crippen molar-refractivity contribution in [3.63, 3.8) is 0 Å². The van der Waals surface area contributed by atoms with Crippen LogP contribution < -0.4 is 31.1 Å². The summed E-state index contributed by atoms with van der Waals surface area (Å²) in [6.45, 7) is 39.3. The van der Waals surface area contributed by atoms with Crippen LogP contribution >= 0.6 is 7.81 Å². The summed E-state index contributed by atoms with van der Waals surface area (Å²) in [5.41, 5.74) is 39.7. The van der Waals surface area contributed by atoms with Gasteiger partial charge in [-0.3, -0.25) is 15.0 Å². The fourth-order valence-electron chi connectivity index (χ4n) is 10.9. The number of nitrogens with zero attached hydrogens (tertiary/aromatic N) is 4. The summed E-state index contributed by atoms with van der Waals surface area (Å²) in [5.74, 6) is 0. The third kappa shape index (κ3) is 12.9. The molecule has 0 radical (unpaired) electrons. The van der Waals surface area contributed by atoms with E-state index >= 15 is 0 Å². The van der Waals surface area contributed by atoms with Crippen LogP contribution in [0.15, 0.2) is 79.0 Å². The molecule has 0 amide bonds. The molecule has 0 saturated carbocycles. The molecule has 380 valence electrons. The van der Waals surface area contributed by atoms with E-state index in [0.717, 1.165) is 11.4 Å². The van der Waals surface area contributed by atoms with E-state index in [1.807, 2.05) is 0 Å². The van der Waals surface area contributed by atoms with E-state index in [1.165, 1.54) is 134 Å². The predicted molar refractivity (Wildman–Crippen MR) is 288 cm³/mol. The van der Waals surface area contributed by atoms with Crippen molar-refractivity contribution in [3.8, 4) is 0 Å². The number of rotatable bonds is 6. The Bertz CT molecular complexity index is 2810. The van der Waals surface area contributed by atoms with Crippen molar-refractivity contribution in [2.75, 3.05) is 20.0 Å². The number of hydrazine groups is 4. The number of anilines is 4. The zero-order valence-electron chi connectivity index (χ0n) is 44.5. The first-order valence-corrected chi connectivity index (χ1v) is 25.7. The molecular formula is C58H69F6N6P-2. The number of hydrogen-bond acceptors (Lipinski definition) is 6. The van der Waals surface area contributed by atoms with Gasteiger partial charge in [0.2, 0.25) is 0 Å². The molecule has 6 aromatic carbocycles. The van der Waals surface area contributed by atoms with E-state index in [2.05, 4.69) is 241 Å². The average molecular weight is 995 g/mol. The van der Waals surface area contributed by atoms with E-state index < -0.39 is 7.81 Å². The van der Waals surface area contributed by atoms with E-state index in [9.17, 15) is 25.2 Å². The van der Waals surface area contributed by atoms with Gasteiger partial charge in [-0.15, -0.1) is 5.53 Å². The third-order valence-corrected chi connectivity index (χ3v) is 12.6. The fourth-order valence-corrected chi connectivity index (χ4v) is 10.9. The Hall–Kier alpha value is -6.07. The van der Waals surface area contributed by atoms with Crippen molar-refractivity contribution in [2.24, 2.45) is 0 Å². The van der Waals surface area contributed by atoms with Crippen molar-refractivity contribution < 1.29 is 25.2 Å². The molecule has 0 spiro atoms. The van der Waals surface area contributed by atoms with E-state index in [0.29, 0.717) is 0 Å². The van der Waals surface area contributed by atoms with Gasteiger partial charge in [0.05, 0.1) is 22.8 Å². The van der Waals surface area contributed by atoms with Gasteiger partial charge in [0.1, 0.15) is 0 Å². The van der Waals surface area contributed by atoms with Crippen molar-refractivity contribution >= 4 is 42.0 Å². The van der Waals surface area contributed by atoms with Crippen LogP contribution in [0.1, 0.15) is 111 Å². The summed E-state index contributed by atoms with van der Waals surface area (Å²) >= 11 is 0. The van der Waals surface area contributed by atoms with Crippen molar-refractivity contribution in [1.82, 2.24) is 11.1 Å². The normalized spacial score (nSPS) is 14.6. The van der Waals surface area contributed by atoms with E-state index in [4.69, 9.17) is 0 Å². The summed E-state index contributed by atoms with van der Waals surface area (Å²) in [6.07, 6.45) is 5.97. The number of hydrogen-bond donors (Lipinski definition) is 2. The first-order valence-electron chi connectivity index (χ1n) is 23.7. The number of aryl methyl sites for hydroxylation is 18. The molecule has 71 heavy (non-hydrogen) atoms. The fraction of sp³-hybridized carbons (Fsp3) is 0.310. The summed E-state index contributed by atoms with van der Waals surface area (Å²) < 4.78 is 59.2. The van der Waals surface area contributed by atoms with Gasteiger partial charge in [-0.05, 0) is 167 Å². The molecule has 0 bridgehead atoms. The van der Waals surface area contributed by atoms with Gasteiger partial charge in [-0.1, -0.05) is 154 Å². The first kappa shape index (κ1) is 54.3. The monoisotopic (exact) mass is 995 g/mol. The molecule has 0 aromatic heterocycles. The minimum atomic E-state index is -10.7. The maximum atomic E-state index is 9.87. The van der Waals surface area contributed by atoms with Crippen LogP contribution in [0.2, 0.25) is 0 Å². The molecule has 8 rings (SSSR count). The molecule has 6 aromatic rings. The molecule has 0 unspecified atom stereocenters. The van der Waals surface area contributed by atoms with Crippen LogP contribution in [0.3, 0.4) is 0 Å². The van der Waals surface area contributed by atoms with Gasteiger partial charge < -0.3 is 5.01 Å². The minimum absolute atomic E-state index is 1.05. The molecule has 2 heterocycles. The van der Waals surface area contributed by atoms with Crippen molar-refractivity contribution in [1.29, 1.82) is 0 Å². The van der Waals surface area contributed by atoms with Crippen LogP contribution in [-0.4, -0.2) is 0 Å². The van der Waals surface area contributed by atoms with Crippen LogP contribution in [-0.2, 0) is 0 Å². The second kappa shape index (κ2) is 19.2. The predicted octanol–water partition coefficient (Wildman–Crippen LogP) is 17.6. The number of halogens is 6. The number of benzene rings is 6. The van der Waals surface area contributed by atoms with Gasteiger partial charge in [-0.2, -0.15) is 5.53 Å². The van der Waals surface area contributed by atoms with Crippen molar-refractivity contribution in [2.45, 2.75) is 125 Å². The van der Waals surface area contributed by atoms with Gasteiger partial charge in [0.15, 0.2) is 0 Å². The zero-order chi connectivity index (χ0) is 53.0. The van der Waals surface area contributed by atoms with Gasteiger partial charge in [0, 0.05) is 11.8 Å². The Morgan fingerprint density at radius 3 is 0.944 bits per heavy atom. The molecule has 0 fully saturated rings.